The molecule has 0 saturated heterocycles. The van der Waals surface area contributed by atoms with E-state index in [0.29, 0.717) is 28.3 Å². The topological polar surface area (TPSA) is 63.3 Å². The van der Waals surface area contributed by atoms with Crippen LogP contribution in [0.15, 0.2) is 47.1 Å². The number of rotatable bonds is 3. The van der Waals surface area contributed by atoms with Gasteiger partial charge in [-0.1, -0.05) is 19.9 Å². The van der Waals surface area contributed by atoms with Crippen LogP contribution in [0.25, 0.3) is 22.4 Å². The Morgan fingerprint density at radius 1 is 1.24 bits per heavy atom. The number of furan rings is 1. The lowest BCUT2D eigenvalue weighted by Gasteiger charge is -2.09. The second-order valence-electron chi connectivity index (χ2n) is 5.27. The van der Waals surface area contributed by atoms with Crippen LogP contribution in [-0.2, 0) is 0 Å². The molecule has 0 amide bonds. The molecule has 0 atom stereocenters. The number of hydrogen-bond acceptors (Lipinski definition) is 3. The molecule has 0 saturated carbocycles. The summed E-state index contributed by atoms with van der Waals surface area (Å²) in [5.41, 5.74) is 2.53. The number of fused-ring (bicyclic) bond motifs is 1. The molecule has 4 heteroatoms. The largest absolute Gasteiger partial charge is 0.478 e. The van der Waals surface area contributed by atoms with E-state index in [0.717, 1.165) is 5.56 Å². The number of pyridine rings is 1. The Hall–Kier alpha value is -2.62. The van der Waals surface area contributed by atoms with Crippen molar-refractivity contribution in [3.8, 4) is 11.5 Å². The molecule has 106 valence electrons. The summed E-state index contributed by atoms with van der Waals surface area (Å²) in [6.07, 6.45) is 1.55. The molecule has 3 aromatic rings. The fraction of sp³-hybridized carbons (Fsp3) is 0.176. The van der Waals surface area contributed by atoms with Crippen molar-refractivity contribution in [2.24, 2.45) is 0 Å². The second kappa shape index (κ2) is 5.05. The van der Waals surface area contributed by atoms with Gasteiger partial charge in [-0.05, 0) is 41.8 Å². The molecule has 3 rings (SSSR count). The monoisotopic (exact) mass is 281 g/mol. The quantitative estimate of drug-likeness (QED) is 0.776. The summed E-state index contributed by atoms with van der Waals surface area (Å²) in [6, 6.07) is 10.8. The molecular formula is C17H15NO3. The summed E-state index contributed by atoms with van der Waals surface area (Å²) in [6.45, 7) is 4.15. The molecule has 0 aliphatic carbocycles. The van der Waals surface area contributed by atoms with Gasteiger partial charge in [-0.2, -0.15) is 0 Å². The highest BCUT2D eigenvalue weighted by Crippen LogP contribution is 2.27. The van der Waals surface area contributed by atoms with E-state index in [9.17, 15) is 9.90 Å². The molecule has 4 nitrogen and oxygen atoms in total. The number of benzene rings is 1. The third kappa shape index (κ3) is 2.40. The predicted octanol–water partition coefficient (Wildman–Crippen LogP) is 4.32. The van der Waals surface area contributed by atoms with Crippen LogP contribution in [0.2, 0.25) is 0 Å². The summed E-state index contributed by atoms with van der Waals surface area (Å²) >= 11 is 0. The van der Waals surface area contributed by atoms with Gasteiger partial charge in [0.05, 0.1) is 17.3 Å². The fourth-order valence-electron chi connectivity index (χ4n) is 2.33. The average molecular weight is 281 g/mol. The Morgan fingerprint density at radius 2 is 2.05 bits per heavy atom. The number of carboxylic acid groups (broad SMARTS) is 1. The van der Waals surface area contributed by atoms with Crippen molar-refractivity contribution in [1.82, 2.24) is 4.98 Å². The maximum atomic E-state index is 11.6. The maximum absolute atomic E-state index is 11.6. The van der Waals surface area contributed by atoms with Crippen molar-refractivity contribution in [3.05, 3.63) is 53.8 Å². The molecule has 0 fully saturated rings. The summed E-state index contributed by atoms with van der Waals surface area (Å²) in [5.74, 6) is -0.0655. The molecule has 1 aromatic carbocycles. The van der Waals surface area contributed by atoms with E-state index in [1.54, 1.807) is 24.5 Å². The minimum absolute atomic E-state index is 0.244. The zero-order valence-corrected chi connectivity index (χ0v) is 11.8. The third-order valence-corrected chi connectivity index (χ3v) is 3.50. The van der Waals surface area contributed by atoms with Crippen molar-refractivity contribution in [2.45, 2.75) is 19.8 Å². The van der Waals surface area contributed by atoms with E-state index in [1.165, 1.54) is 0 Å². The number of carboxylic acids is 1. The molecule has 2 aromatic heterocycles. The lowest BCUT2D eigenvalue weighted by Crippen LogP contribution is -2.01. The number of aromatic carboxylic acids is 1. The molecule has 0 unspecified atom stereocenters. The first-order chi connectivity index (χ1) is 10.1. The molecule has 2 heterocycles. The second-order valence-corrected chi connectivity index (χ2v) is 5.27. The zero-order valence-electron chi connectivity index (χ0n) is 11.8. The minimum atomic E-state index is -0.962. The molecular weight excluding hydrogens is 266 g/mol. The standard InChI is InChI=1S/C17H15NO3/c1-10(2)11-5-6-14-12(8-11)13(17(19)20)9-15(18-14)16-4-3-7-21-16/h3-10H,1-2H3,(H,19,20). The van der Waals surface area contributed by atoms with E-state index in [-0.39, 0.29) is 5.56 Å². The van der Waals surface area contributed by atoms with E-state index in [2.05, 4.69) is 18.8 Å². The molecule has 0 bridgehead atoms. The van der Waals surface area contributed by atoms with E-state index in [4.69, 9.17) is 4.42 Å². The Labute approximate surface area is 122 Å². The Bertz CT molecular complexity index is 804. The van der Waals surface area contributed by atoms with Gasteiger partial charge in [-0.15, -0.1) is 0 Å². The Kier molecular flexibility index (Phi) is 3.22. The number of aromatic nitrogens is 1. The first kappa shape index (κ1) is 13.4. The van der Waals surface area contributed by atoms with Gasteiger partial charge in [0, 0.05) is 5.39 Å². The van der Waals surface area contributed by atoms with Gasteiger partial charge in [-0.25, -0.2) is 9.78 Å². The van der Waals surface area contributed by atoms with Gasteiger partial charge in [0.15, 0.2) is 5.76 Å². The highest BCUT2D eigenvalue weighted by atomic mass is 16.4. The minimum Gasteiger partial charge on any atom is -0.478 e. The first-order valence-electron chi connectivity index (χ1n) is 6.78. The molecule has 0 aliphatic rings. The van der Waals surface area contributed by atoms with Crippen LogP contribution in [0.3, 0.4) is 0 Å². The van der Waals surface area contributed by atoms with Crippen LogP contribution in [0, 0.1) is 0 Å². The van der Waals surface area contributed by atoms with Crippen LogP contribution in [-0.4, -0.2) is 16.1 Å². The highest BCUT2D eigenvalue weighted by molar-refractivity contribution is 6.03. The number of hydrogen-bond donors (Lipinski definition) is 1. The highest BCUT2D eigenvalue weighted by Gasteiger charge is 2.15. The van der Waals surface area contributed by atoms with Crippen molar-refractivity contribution < 1.29 is 14.3 Å². The van der Waals surface area contributed by atoms with Crippen molar-refractivity contribution in [1.29, 1.82) is 0 Å². The van der Waals surface area contributed by atoms with Crippen LogP contribution in [0.1, 0.15) is 35.7 Å². The van der Waals surface area contributed by atoms with Gasteiger partial charge < -0.3 is 9.52 Å². The molecule has 1 N–H and O–H groups in total. The summed E-state index contributed by atoms with van der Waals surface area (Å²) in [7, 11) is 0. The van der Waals surface area contributed by atoms with Crippen molar-refractivity contribution >= 4 is 16.9 Å². The van der Waals surface area contributed by atoms with Gasteiger partial charge in [0.1, 0.15) is 5.69 Å². The van der Waals surface area contributed by atoms with Crippen LogP contribution >= 0.6 is 0 Å². The summed E-state index contributed by atoms with van der Waals surface area (Å²) in [4.78, 5) is 16.1. The normalized spacial score (nSPS) is 11.2. The van der Waals surface area contributed by atoms with Gasteiger partial charge >= 0.3 is 5.97 Å². The van der Waals surface area contributed by atoms with E-state index >= 15 is 0 Å². The SMILES string of the molecule is CC(C)c1ccc2nc(-c3ccco3)cc(C(=O)O)c2c1. The fourth-order valence-corrected chi connectivity index (χ4v) is 2.33. The van der Waals surface area contributed by atoms with Gasteiger partial charge in [-0.3, -0.25) is 0 Å². The maximum Gasteiger partial charge on any atom is 0.336 e. The van der Waals surface area contributed by atoms with Crippen LogP contribution in [0.5, 0.6) is 0 Å². The average Bonchev–Trinajstić information content (AvgIpc) is 2.99. The van der Waals surface area contributed by atoms with E-state index in [1.807, 2.05) is 18.2 Å². The summed E-state index contributed by atoms with van der Waals surface area (Å²) in [5, 5.41) is 10.1. The Balaban J connectivity index is 2.28. The lowest BCUT2D eigenvalue weighted by molar-refractivity contribution is 0.0699. The zero-order chi connectivity index (χ0) is 15.0. The number of nitrogens with zero attached hydrogens (tertiary/aromatic N) is 1. The molecule has 0 radical (unpaired) electrons. The molecule has 0 spiro atoms. The van der Waals surface area contributed by atoms with Crippen molar-refractivity contribution in [2.75, 3.05) is 0 Å². The Morgan fingerprint density at radius 3 is 2.67 bits per heavy atom. The van der Waals surface area contributed by atoms with Gasteiger partial charge in [0.25, 0.3) is 0 Å². The number of carbonyl (C=O) groups is 1. The van der Waals surface area contributed by atoms with Gasteiger partial charge in [0.2, 0.25) is 0 Å². The smallest absolute Gasteiger partial charge is 0.336 e. The first-order valence-corrected chi connectivity index (χ1v) is 6.78. The third-order valence-electron chi connectivity index (χ3n) is 3.50. The lowest BCUT2D eigenvalue weighted by atomic mass is 9.98. The van der Waals surface area contributed by atoms with Crippen molar-refractivity contribution in [3.63, 3.8) is 0 Å². The molecule has 0 aliphatic heterocycles. The molecule has 21 heavy (non-hydrogen) atoms. The van der Waals surface area contributed by atoms with Crippen LogP contribution < -0.4 is 0 Å². The summed E-state index contributed by atoms with van der Waals surface area (Å²) < 4.78 is 5.31. The predicted molar refractivity (Wildman–Crippen MR) is 80.5 cm³/mol. The van der Waals surface area contributed by atoms with Crippen LogP contribution in [0.4, 0.5) is 0 Å². The van der Waals surface area contributed by atoms with E-state index < -0.39 is 5.97 Å².